The number of rotatable bonds is 5. The van der Waals surface area contributed by atoms with Crippen LogP contribution in [0.3, 0.4) is 0 Å². The zero-order valence-electron chi connectivity index (χ0n) is 21.5. The van der Waals surface area contributed by atoms with Crippen molar-refractivity contribution in [1.82, 2.24) is 21.3 Å². The average Bonchev–Trinajstić information content (AvgIpc) is 2.83. The van der Waals surface area contributed by atoms with Crippen LogP contribution in [0.2, 0.25) is 0 Å². The van der Waals surface area contributed by atoms with Gasteiger partial charge in [-0.15, -0.1) is 0 Å². The number of esters is 1. The molecule has 1 rings (SSSR count). The van der Waals surface area contributed by atoms with E-state index in [9.17, 15) is 24.0 Å². The number of amides is 4. The topological polar surface area (TPSA) is 187 Å². The number of ether oxygens (including phenoxy) is 3. The molecule has 0 spiro atoms. The van der Waals surface area contributed by atoms with Crippen LogP contribution >= 0.6 is 0 Å². The van der Waals surface area contributed by atoms with Gasteiger partial charge in [-0.3, -0.25) is 24.0 Å². The van der Waals surface area contributed by atoms with Crippen LogP contribution in [0.5, 0.6) is 0 Å². The van der Waals surface area contributed by atoms with Crippen molar-refractivity contribution in [3.05, 3.63) is 12.2 Å². The van der Waals surface area contributed by atoms with Crippen LogP contribution in [0.25, 0.3) is 0 Å². The normalized spacial score (nSPS) is 26.2. The molecule has 0 unspecified atom stereocenters. The number of nitrogens with one attached hydrogen (secondary N) is 4. The molecule has 0 aliphatic carbocycles. The first kappa shape index (κ1) is 31.0. The van der Waals surface area contributed by atoms with E-state index in [2.05, 4.69) is 26.0 Å². The van der Waals surface area contributed by atoms with Crippen LogP contribution < -0.4 is 27.0 Å². The molecule has 1 heterocycles. The summed E-state index contributed by atoms with van der Waals surface area (Å²) in [6, 6.07) is -4.13. The maximum absolute atomic E-state index is 13.1. The van der Waals surface area contributed by atoms with Crippen molar-refractivity contribution in [2.45, 2.75) is 51.9 Å². The number of methoxy groups -OCH3 is 1. The number of carbonyl (C=O) groups excluding carboxylic acids is 5. The molecule has 13 heteroatoms. The van der Waals surface area contributed by atoms with Gasteiger partial charge >= 0.3 is 5.97 Å². The minimum absolute atomic E-state index is 0.0665. The highest BCUT2D eigenvalue weighted by Crippen LogP contribution is 2.08. The van der Waals surface area contributed by atoms with E-state index in [1.54, 1.807) is 39.8 Å². The van der Waals surface area contributed by atoms with Gasteiger partial charge < -0.3 is 41.2 Å². The molecule has 36 heavy (non-hydrogen) atoms. The summed E-state index contributed by atoms with van der Waals surface area (Å²) in [6.45, 7) is 6.55. The van der Waals surface area contributed by atoms with Gasteiger partial charge in [-0.2, -0.15) is 0 Å². The second kappa shape index (κ2) is 15.9. The molecule has 4 amide bonds. The maximum Gasteiger partial charge on any atom is 0.325 e. The summed E-state index contributed by atoms with van der Waals surface area (Å²) in [6.07, 6.45) is 3.30. The smallest absolute Gasteiger partial charge is 0.325 e. The Morgan fingerprint density at radius 3 is 1.97 bits per heavy atom. The van der Waals surface area contributed by atoms with Gasteiger partial charge in [0.25, 0.3) is 0 Å². The van der Waals surface area contributed by atoms with Crippen LogP contribution in [0.4, 0.5) is 0 Å². The number of nitrogens with two attached hydrogens (primary N) is 1. The highest BCUT2D eigenvalue weighted by Gasteiger charge is 2.33. The van der Waals surface area contributed by atoms with Crippen LogP contribution in [-0.2, 0) is 38.2 Å². The molecule has 0 bridgehead atoms. The average molecular weight is 514 g/mol. The summed E-state index contributed by atoms with van der Waals surface area (Å²) in [4.78, 5) is 62.7. The SMILES string of the molecule is COC(=O)CNC(=O)[C@@H]1COC/C=C\COC[C@H](N)C(=O)N[C@@H](C(C)C)C(=O)N[C@@H](C(C)C)C(=O)N1. The molecule has 1 aliphatic rings. The molecule has 0 aromatic rings. The van der Waals surface area contributed by atoms with Crippen LogP contribution in [0.1, 0.15) is 27.7 Å². The zero-order chi connectivity index (χ0) is 27.3. The Bertz CT molecular complexity index is 801. The lowest BCUT2D eigenvalue weighted by Gasteiger charge is -2.29. The third kappa shape index (κ3) is 10.7. The van der Waals surface area contributed by atoms with Crippen molar-refractivity contribution in [2.75, 3.05) is 40.1 Å². The molecule has 1 aliphatic heterocycles. The molecule has 13 nitrogen and oxygen atoms in total. The monoisotopic (exact) mass is 513 g/mol. The van der Waals surface area contributed by atoms with Crippen molar-refractivity contribution in [1.29, 1.82) is 0 Å². The van der Waals surface area contributed by atoms with Crippen molar-refractivity contribution >= 4 is 29.6 Å². The van der Waals surface area contributed by atoms with Crippen molar-refractivity contribution in [3.8, 4) is 0 Å². The van der Waals surface area contributed by atoms with Crippen molar-refractivity contribution in [3.63, 3.8) is 0 Å². The Hall–Kier alpha value is -3.03. The largest absolute Gasteiger partial charge is 0.468 e. The Labute approximate surface area is 211 Å². The van der Waals surface area contributed by atoms with Crippen LogP contribution in [0.15, 0.2) is 12.2 Å². The predicted octanol–water partition coefficient (Wildman–Crippen LogP) is -2.03. The van der Waals surface area contributed by atoms with Gasteiger partial charge in [0.05, 0.1) is 33.5 Å². The minimum atomic E-state index is -1.15. The van der Waals surface area contributed by atoms with Crippen LogP contribution in [-0.4, -0.2) is 93.8 Å². The molecular weight excluding hydrogens is 474 g/mol. The molecule has 0 fully saturated rings. The van der Waals surface area contributed by atoms with E-state index in [0.29, 0.717) is 0 Å². The van der Waals surface area contributed by atoms with Gasteiger partial charge in [0.1, 0.15) is 30.7 Å². The summed E-state index contributed by atoms with van der Waals surface area (Å²) < 4.78 is 15.4. The molecule has 0 aromatic heterocycles. The first-order chi connectivity index (χ1) is 17.0. The Morgan fingerprint density at radius 1 is 0.944 bits per heavy atom. The van der Waals surface area contributed by atoms with E-state index in [0.717, 1.165) is 0 Å². The first-order valence-electron chi connectivity index (χ1n) is 11.8. The Kier molecular flexibility index (Phi) is 13.7. The Balaban J connectivity index is 3.15. The predicted molar refractivity (Wildman–Crippen MR) is 129 cm³/mol. The molecule has 0 saturated carbocycles. The highest BCUT2D eigenvalue weighted by molar-refractivity contribution is 5.95. The molecule has 4 atom stereocenters. The van der Waals surface area contributed by atoms with Gasteiger partial charge in [-0.1, -0.05) is 39.8 Å². The van der Waals surface area contributed by atoms with Crippen molar-refractivity contribution in [2.24, 2.45) is 17.6 Å². The fraction of sp³-hybridized carbons (Fsp3) is 0.696. The summed E-state index contributed by atoms with van der Waals surface area (Å²) in [5, 5.41) is 10.2. The summed E-state index contributed by atoms with van der Waals surface area (Å²) in [5.41, 5.74) is 5.88. The van der Waals surface area contributed by atoms with Gasteiger partial charge in [-0.25, -0.2) is 0 Å². The third-order valence-corrected chi connectivity index (χ3v) is 5.27. The highest BCUT2D eigenvalue weighted by atomic mass is 16.5. The fourth-order valence-corrected chi connectivity index (χ4v) is 3.10. The lowest BCUT2D eigenvalue weighted by Crippen LogP contribution is -2.60. The second-order valence-electron chi connectivity index (χ2n) is 8.97. The molecule has 0 aromatic carbocycles. The fourth-order valence-electron chi connectivity index (χ4n) is 3.10. The molecule has 204 valence electrons. The number of hydrogen-bond donors (Lipinski definition) is 5. The lowest BCUT2D eigenvalue weighted by molar-refractivity contribution is -0.141. The van der Waals surface area contributed by atoms with Gasteiger partial charge in [0.15, 0.2) is 0 Å². The number of carbonyl (C=O) groups is 5. The Morgan fingerprint density at radius 2 is 1.44 bits per heavy atom. The van der Waals surface area contributed by atoms with E-state index in [1.165, 1.54) is 7.11 Å². The molecule has 0 saturated heterocycles. The first-order valence-corrected chi connectivity index (χ1v) is 11.8. The summed E-state index contributed by atoms with van der Waals surface area (Å²) >= 11 is 0. The minimum Gasteiger partial charge on any atom is -0.468 e. The second-order valence-corrected chi connectivity index (χ2v) is 8.97. The van der Waals surface area contributed by atoms with E-state index in [1.807, 2.05) is 0 Å². The maximum atomic E-state index is 13.1. The molecule has 6 N–H and O–H groups in total. The third-order valence-electron chi connectivity index (χ3n) is 5.27. The lowest BCUT2D eigenvalue weighted by atomic mass is 9.99. The zero-order valence-corrected chi connectivity index (χ0v) is 21.5. The molecular formula is C23H39N5O8. The quantitative estimate of drug-likeness (QED) is 0.204. The van der Waals surface area contributed by atoms with Gasteiger partial charge in [0, 0.05) is 0 Å². The number of hydrogen-bond acceptors (Lipinski definition) is 9. The molecule has 0 radical (unpaired) electrons. The van der Waals surface area contributed by atoms with E-state index in [4.69, 9.17) is 15.2 Å². The standard InChI is InChI=1S/C23H39N5O8/c1-13(2)18-22(32)26-16(21(31)25-10-17(29)34-5)12-36-9-7-6-8-35-11-15(24)20(30)27-19(14(3)4)23(33)28-18/h6-7,13-16,18-19H,8-12,24H2,1-5H3,(H,25,31)(H,26,32)(H,27,30)(H,28,33)/b7-6-/t15-,16-,18-,19-/m0/s1. The van der Waals surface area contributed by atoms with E-state index >= 15 is 0 Å². The van der Waals surface area contributed by atoms with Gasteiger partial charge in [0.2, 0.25) is 23.6 Å². The van der Waals surface area contributed by atoms with E-state index in [-0.39, 0.29) is 44.8 Å². The van der Waals surface area contributed by atoms with Crippen LogP contribution in [0, 0.1) is 11.8 Å². The summed E-state index contributed by atoms with van der Waals surface area (Å²) in [5.74, 6) is -3.76. The van der Waals surface area contributed by atoms with Gasteiger partial charge in [-0.05, 0) is 11.8 Å². The van der Waals surface area contributed by atoms with E-state index < -0.39 is 53.8 Å². The summed E-state index contributed by atoms with van der Waals surface area (Å²) in [7, 11) is 1.18. The van der Waals surface area contributed by atoms with Crippen molar-refractivity contribution < 1.29 is 38.2 Å².